The zero-order valence-corrected chi connectivity index (χ0v) is 19.9. The van der Waals surface area contributed by atoms with E-state index < -0.39 is 11.6 Å². The number of hydrogen-bond donors (Lipinski definition) is 1. The van der Waals surface area contributed by atoms with E-state index in [1.165, 1.54) is 18.6 Å². The summed E-state index contributed by atoms with van der Waals surface area (Å²) in [5.41, 5.74) is 5.18. The first-order chi connectivity index (χ1) is 15.9. The fraction of sp³-hybridized carbons (Fsp3) is 0.333. The Kier molecular flexibility index (Phi) is 7.39. The van der Waals surface area contributed by atoms with Gasteiger partial charge in [-0.25, -0.2) is 13.8 Å². The highest BCUT2D eigenvalue weighted by atomic mass is 79.9. The zero-order valence-electron chi connectivity index (χ0n) is 18.3. The van der Waals surface area contributed by atoms with Gasteiger partial charge in [-0.2, -0.15) is 5.10 Å². The molecule has 0 bridgehead atoms. The molecule has 1 N–H and O–H groups in total. The third-order valence-electron chi connectivity index (χ3n) is 5.57. The normalized spacial score (nSPS) is 14.3. The quantitative estimate of drug-likeness (QED) is 0.478. The van der Waals surface area contributed by atoms with Gasteiger partial charge in [-0.15, -0.1) is 0 Å². The third-order valence-corrected chi connectivity index (χ3v) is 6.06. The Balaban J connectivity index is 1.48. The van der Waals surface area contributed by atoms with Crippen molar-refractivity contribution in [3.63, 3.8) is 0 Å². The molecule has 1 amide bonds. The Labute approximate surface area is 199 Å². The second-order valence-corrected chi connectivity index (χ2v) is 9.01. The molecular formula is C24H25BrF2N4O2. The summed E-state index contributed by atoms with van der Waals surface area (Å²) in [4.78, 5) is 12.6. The van der Waals surface area contributed by atoms with Gasteiger partial charge in [0.25, 0.3) is 5.91 Å². The highest BCUT2D eigenvalue weighted by molar-refractivity contribution is 9.10. The van der Waals surface area contributed by atoms with Crippen molar-refractivity contribution < 1.29 is 18.3 Å². The predicted octanol–water partition coefficient (Wildman–Crippen LogP) is 4.99. The van der Waals surface area contributed by atoms with Crippen molar-refractivity contribution in [2.24, 2.45) is 0 Å². The molecule has 1 aliphatic heterocycles. The molecule has 1 saturated heterocycles. The summed E-state index contributed by atoms with van der Waals surface area (Å²) < 4.78 is 35.6. The smallest absolute Gasteiger partial charge is 0.286 e. The Hall–Kier alpha value is -2.78. The van der Waals surface area contributed by atoms with Crippen LogP contribution in [0.5, 0.6) is 5.75 Å². The van der Waals surface area contributed by atoms with Crippen molar-refractivity contribution in [2.75, 3.05) is 13.1 Å². The largest absolute Gasteiger partial charge is 0.488 e. The van der Waals surface area contributed by atoms with Crippen LogP contribution >= 0.6 is 15.9 Å². The number of aryl methyl sites for hydroxylation is 1. The van der Waals surface area contributed by atoms with Crippen LogP contribution in [-0.4, -0.2) is 33.8 Å². The number of carbonyl (C=O) groups excluding carboxylic acids is 1. The Morgan fingerprint density at radius 2 is 1.88 bits per heavy atom. The number of aromatic nitrogens is 2. The fourth-order valence-corrected chi connectivity index (χ4v) is 4.16. The summed E-state index contributed by atoms with van der Waals surface area (Å²) >= 11 is 3.47. The zero-order chi connectivity index (χ0) is 23.4. The average Bonchev–Trinajstić information content (AvgIpc) is 3.15. The molecule has 2 heterocycles. The minimum Gasteiger partial charge on any atom is -0.488 e. The van der Waals surface area contributed by atoms with E-state index in [0.717, 1.165) is 47.7 Å². The van der Waals surface area contributed by atoms with Gasteiger partial charge in [-0.05, 0) is 56.2 Å². The number of rotatable bonds is 7. The van der Waals surface area contributed by atoms with E-state index in [1.807, 2.05) is 24.1 Å². The molecule has 0 aliphatic carbocycles. The molecule has 1 aliphatic rings. The van der Waals surface area contributed by atoms with E-state index in [-0.39, 0.29) is 18.1 Å². The number of amides is 1. The van der Waals surface area contributed by atoms with Crippen molar-refractivity contribution in [1.82, 2.24) is 20.2 Å². The first-order valence-corrected chi connectivity index (χ1v) is 11.6. The fourth-order valence-electron chi connectivity index (χ4n) is 3.76. The van der Waals surface area contributed by atoms with Gasteiger partial charge in [0.05, 0.1) is 6.54 Å². The van der Waals surface area contributed by atoms with Gasteiger partial charge in [0.1, 0.15) is 24.0 Å². The van der Waals surface area contributed by atoms with Gasteiger partial charge in [-0.3, -0.25) is 14.9 Å². The lowest BCUT2D eigenvalue weighted by Crippen LogP contribution is -2.45. The summed E-state index contributed by atoms with van der Waals surface area (Å²) in [6, 6.07) is 10.7. The van der Waals surface area contributed by atoms with Gasteiger partial charge >= 0.3 is 0 Å². The lowest BCUT2D eigenvalue weighted by atomic mass is 10.2. The molecule has 4 rings (SSSR count). The molecule has 6 nitrogen and oxygen atoms in total. The summed E-state index contributed by atoms with van der Waals surface area (Å²) in [6.45, 7) is 3.90. The highest BCUT2D eigenvalue weighted by Gasteiger charge is 2.18. The number of hydrogen-bond acceptors (Lipinski definition) is 4. The van der Waals surface area contributed by atoms with Crippen molar-refractivity contribution >= 4 is 21.8 Å². The van der Waals surface area contributed by atoms with E-state index >= 15 is 0 Å². The topological polar surface area (TPSA) is 59.4 Å². The number of carbonyl (C=O) groups is 1. The van der Waals surface area contributed by atoms with E-state index in [0.29, 0.717) is 18.0 Å². The van der Waals surface area contributed by atoms with E-state index in [2.05, 4.69) is 26.5 Å². The minimum absolute atomic E-state index is 0.0394. The SMILES string of the molecule is Cc1cc(C(=O)NN2CCCCC2)nn1Cc1cc(Br)ccc1OCc1ccc(F)cc1F. The molecule has 33 heavy (non-hydrogen) atoms. The maximum Gasteiger partial charge on any atom is 0.286 e. The van der Waals surface area contributed by atoms with Crippen LogP contribution in [-0.2, 0) is 13.2 Å². The number of hydrazine groups is 1. The summed E-state index contributed by atoms with van der Waals surface area (Å²) in [5, 5.41) is 6.43. The number of nitrogens with one attached hydrogen (secondary N) is 1. The monoisotopic (exact) mass is 518 g/mol. The molecule has 174 valence electrons. The number of nitrogens with zero attached hydrogens (tertiary/aromatic N) is 3. The van der Waals surface area contributed by atoms with E-state index in [1.54, 1.807) is 16.8 Å². The van der Waals surface area contributed by atoms with Crippen LogP contribution in [0.25, 0.3) is 0 Å². The lowest BCUT2D eigenvalue weighted by molar-refractivity contribution is 0.0744. The van der Waals surface area contributed by atoms with Crippen LogP contribution in [0.2, 0.25) is 0 Å². The maximum absolute atomic E-state index is 14.0. The summed E-state index contributed by atoms with van der Waals surface area (Å²) in [5.74, 6) is -0.955. The summed E-state index contributed by atoms with van der Waals surface area (Å²) in [7, 11) is 0. The molecule has 1 aromatic heterocycles. The molecular weight excluding hydrogens is 494 g/mol. The van der Waals surface area contributed by atoms with Crippen molar-refractivity contribution in [2.45, 2.75) is 39.3 Å². The molecule has 0 atom stereocenters. The van der Waals surface area contributed by atoms with Gasteiger partial charge in [0.15, 0.2) is 5.69 Å². The number of halogens is 3. The highest BCUT2D eigenvalue weighted by Crippen LogP contribution is 2.26. The molecule has 0 saturated carbocycles. The molecule has 0 unspecified atom stereocenters. The molecule has 0 spiro atoms. The molecule has 2 aromatic carbocycles. The number of benzene rings is 2. The van der Waals surface area contributed by atoms with Crippen LogP contribution in [0.1, 0.15) is 46.6 Å². The first kappa shape index (κ1) is 23.4. The van der Waals surface area contributed by atoms with Gasteiger partial charge in [0.2, 0.25) is 0 Å². The van der Waals surface area contributed by atoms with Crippen LogP contribution < -0.4 is 10.2 Å². The predicted molar refractivity (Wildman–Crippen MR) is 124 cm³/mol. The Morgan fingerprint density at radius 3 is 2.64 bits per heavy atom. The number of piperidine rings is 1. The minimum atomic E-state index is -0.652. The third kappa shape index (κ3) is 5.97. The second-order valence-electron chi connectivity index (χ2n) is 8.09. The summed E-state index contributed by atoms with van der Waals surface area (Å²) in [6.07, 6.45) is 3.33. The Morgan fingerprint density at radius 1 is 1.09 bits per heavy atom. The van der Waals surface area contributed by atoms with Crippen molar-refractivity contribution in [3.8, 4) is 5.75 Å². The molecule has 1 fully saturated rings. The van der Waals surface area contributed by atoms with Crippen LogP contribution in [0.15, 0.2) is 46.9 Å². The van der Waals surface area contributed by atoms with Crippen LogP contribution in [0.4, 0.5) is 8.78 Å². The second kappa shape index (κ2) is 10.4. The average molecular weight is 519 g/mol. The van der Waals surface area contributed by atoms with Gasteiger partial charge in [-0.1, -0.05) is 22.4 Å². The van der Waals surface area contributed by atoms with Crippen LogP contribution in [0.3, 0.4) is 0 Å². The Bertz CT molecular complexity index is 1150. The van der Waals surface area contributed by atoms with Gasteiger partial charge in [0, 0.05) is 40.4 Å². The van der Waals surface area contributed by atoms with E-state index in [4.69, 9.17) is 4.74 Å². The maximum atomic E-state index is 14.0. The van der Waals surface area contributed by atoms with Crippen molar-refractivity contribution in [3.05, 3.63) is 81.1 Å². The number of ether oxygens (including phenoxy) is 1. The standard InChI is InChI=1S/C24H25BrF2N4O2/c1-16-11-22(24(32)29-30-9-3-2-4-10-30)28-31(16)14-18-12-19(25)6-8-23(18)33-15-17-5-7-20(26)13-21(17)27/h5-8,11-13H,2-4,9-10,14-15H2,1H3,(H,29,32). The van der Waals surface area contributed by atoms with Crippen molar-refractivity contribution in [1.29, 1.82) is 0 Å². The van der Waals surface area contributed by atoms with Gasteiger partial charge < -0.3 is 4.74 Å². The van der Waals surface area contributed by atoms with Crippen LogP contribution in [0, 0.1) is 18.6 Å². The van der Waals surface area contributed by atoms with E-state index in [9.17, 15) is 13.6 Å². The molecule has 3 aromatic rings. The first-order valence-electron chi connectivity index (χ1n) is 10.8. The lowest BCUT2D eigenvalue weighted by Gasteiger charge is -2.26. The molecule has 0 radical (unpaired) electrons. The molecule has 9 heteroatoms.